The van der Waals surface area contributed by atoms with E-state index in [1.807, 2.05) is 0 Å². The second kappa shape index (κ2) is 27.2. The topological polar surface area (TPSA) is 408 Å². The van der Waals surface area contributed by atoms with Crippen LogP contribution in [0.2, 0.25) is 0 Å². The Morgan fingerprint density at radius 2 is 0.818 bits per heavy atom. The van der Waals surface area contributed by atoms with Gasteiger partial charge in [-0.1, -0.05) is 0 Å². The average Bonchev–Trinajstić information content (AvgIpc) is 4.57. The molecule has 0 saturated heterocycles. The zero-order chi connectivity index (χ0) is 63.7. The maximum absolute atomic E-state index is 13.4. The Kier molecular flexibility index (Phi) is 19.4. The van der Waals surface area contributed by atoms with Crippen molar-refractivity contribution >= 4 is 115 Å². The first kappa shape index (κ1) is 62.8. The first-order valence-electron chi connectivity index (χ1n) is 26.9. The van der Waals surface area contributed by atoms with Gasteiger partial charge in [0.1, 0.15) is 34.2 Å². The van der Waals surface area contributed by atoms with E-state index in [2.05, 4.69) is 58.2 Å². The monoisotopic (exact) mass is 1220 g/mol. The van der Waals surface area contributed by atoms with Gasteiger partial charge in [0.15, 0.2) is 5.82 Å². The van der Waals surface area contributed by atoms with Crippen molar-refractivity contribution in [2.45, 2.75) is 25.3 Å². The lowest BCUT2D eigenvalue weighted by Crippen LogP contribution is -2.39. The molecule has 0 aliphatic rings. The van der Waals surface area contributed by atoms with Gasteiger partial charge in [0.2, 0.25) is 17.7 Å². The highest BCUT2D eigenvalue weighted by molar-refractivity contribution is 7.18. The fourth-order valence-electron chi connectivity index (χ4n) is 9.03. The molecule has 0 unspecified atom stereocenters. The third kappa shape index (κ3) is 15.5. The van der Waals surface area contributed by atoms with E-state index < -0.39 is 71.0 Å². The molecule has 0 aliphatic carbocycles. The lowest BCUT2D eigenvalue weighted by molar-refractivity contribution is -0.118. The maximum atomic E-state index is 13.4. The van der Waals surface area contributed by atoms with Gasteiger partial charge in [0, 0.05) is 131 Å². The Hall–Kier alpha value is -11.3. The minimum Gasteiger partial charge on any atom is -0.364 e. The summed E-state index contributed by atoms with van der Waals surface area (Å²) in [7, 11) is 11.4. The lowest BCUT2D eigenvalue weighted by atomic mass is 10.2. The van der Waals surface area contributed by atoms with Crippen LogP contribution in [0.4, 0.5) is 39.1 Å². The number of carbonyl (C=O) groups excluding carboxylic acids is 11. The second-order valence-corrected chi connectivity index (χ2v) is 21.4. The molecule has 14 N–H and O–H groups in total. The first-order valence-corrected chi connectivity index (χ1v) is 27.7. The third-order valence-corrected chi connectivity index (χ3v) is 14.5. The number of amides is 11. The summed E-state index contributed by atoms with van der Waals surface area (Å²) in [5.41, 5.74) is 14.6. The third-order valence-electron chi connectivity index (χ3n) is 13.5. The van der Waals surface area contributed by atoms with Gasteiger partial charge in [0.25, 0.3) is 47.3 Å². The van der Waals surface area contributed by atoms with Crippen molar-refractivity contribution in [1.82, 2.24) is 52.9 Å². The first-order chi connectivity index (χ1) is 41.8. The minimum absolute atomic E-state index is 0.00365. The number of nitrogens with one attached hydrogen (secondary N) is 10. The lowest BCUT2D eigenvalue weighted by Gasteiger charge is -2.12. The van der Waals surface area contributed by atoms with E-state index in [1.165, 1.54) is 101 Å². The number of carbonyl (C=O) groups is 11. The van der Waals surface area contributed by atoms with Crippen LogP contribution in [-0.2, 0) is 63.7 Å². The van der Waals surface area contributed by atoms with Gasteiger partial charge in [-0.05, 0) is 55.0 Å². The molecule has 31 nitrogen and oxygen atoms in total. The standard InChI is InChI=1S/C56H64N20O11S/c1-70-17-16-59-48(70)56(87)68-35-21-40(74(5)29-35)52(83)62-15-12-45(78)69-46-9-8-43(88-46)55(86)67-34-20-39(73(4)28-34)50(81)60-13-10-36(57)49(80)64-31-22-41(75(6)25-31)53(84)66-33-23-42(76(7)27-33)54(85)65-32-19-38(72(3)26-32)51(82)61-14-11-44(77)63-30-18-37(47(58)79)71(2)24-30/h8-9,16-29,36H,10-15,57H2,1-7H3,(H2,58,79)(H,60,81)(H,61,82)(H,62,83)(H,63,77)(H,64,80)(H,65,85)(H,66,84)(H,67,86)(H,68,87)(H,69,78)/t36-/m1/s1. The summed E-state index contributed by atoms with van der Waals surface area (Å²) in [6.45, 7) is 0.00607. The van der Waals surface area contributed by atoms with Crippen molar-refractivity contribution in [1.29, 1.82) is 0 Å². The van der Waals surface area contributed by atoms with Crippen molar-refractivity contribution in [3.63, 3.8) is 0 Å². The van der Waals surface area contributed by atoms with E-state index in [4.69, 9.17) is 11.5 Å². The number of aryl methyl sites for hydroxylation is 7. The number of aromatic nitrogens is 8. The number of hydrogen-bond donors (Lipinski definition) is 12. The van der Waals surface area contributed by atoms with E-state index in [0.717, 1.165) is 11.3 Å². The smallest absolute Gasteiger partial charge is 0.291 e. The van der Waals surface area contributed by atoms with Gasteiger partial charge in [-0.15, -0.1) is 11.3 Å². The van der Waals surface area contributed by atoms with Crippen LogP contribution in [-0.4, -0.2) is 128 Å². The number of primary amides is 1. The summed E-state index contributed by atoms with van der Waals surface area (Å²) >= 11 is 1.02. The van der Waals surface area contributed by atoms with Crippen molar-refractivity contribution in [3.05, 3.63) is 143 Å². The number of hydrogen-bond acceptors (Lipinski definition) is 14. The number of nitrogens with zero attached hydrogens (tertiary/aromatic N) is 8. The molecular formula is C56H64N20O11S. The van der Waals surface area contributed by atoms with Crippen LogP contribution in [0.15, 0.2) is 98.1 Å². The molecule has 460 valence electrons. The van der Waals surface area contributed by atoms with Crippen LogP contribution in [0, 0.1) is 0 Å². The van der Waals surface area contributed by atoms with Crippen LogP contribution >= 0.6 is 11.3 Å². The predicted molar refractivity (Wildman–Crippen MR) is 325 cm³/mol. The quantitative estimate of drug-likeness (QED) is 0.0391. The summed E-state index contributed by atoms with van der Waals surface area (Å²) in [6.07, 6.45) is 12.3. The Balaban J connectivity index is 0.727. The summed E-state index contributed by atoms with van der Waals surface area (Å²) < 4.78 is 10.6. The molecule has 0 aliphatic heterocycles. The Morgan fingerprint density at radius 1 is 0.443 bits per heavy atom. The van der Waals surface area contributed by atoms with Crippen molar-refractivity contribution in [2.24, 2.45) is 60.8 Å². The molecule has 0 radical (unpaired) electrons. The number of imidazole rings is 1. The molecule has 8 heterocycles. The zero-order valence-electron chi connectivity index (χ0n) is 48.7. The number of anilines is 7. The van der Waals surface area contributed by atoms with E-state index >= 15 is 0 Å². The number of thiophene rings is 1. The van der Waals surface area contributed by atoms with Crippen molar-refractivity contribution in [3.8, 4) is 0 Å². The molecule has 0 saturated carbocycles. The van der Waals surface area contributed by atoms with E-state index in [-0.39, 0.29) is 95.1 Å². The van der Waals surface area contributed by atoms with Gasteiger partial charge < -0.3 is 96.6 Å². The fraction of sp³-hybridized carbons (Fsp3) is 0.250. The van der Waals surface area contributed by atoms with E-state index in [1.54, 1.807) is 78.6 Å². The van der Waals surface area contributed by atoms with Gasteiger partial charge in [-0.3, -0.25) is 52.7 Å². The van der Waals surface area contributed by atoms with E-state index in [0.29, 0.717) is 27.8 Å². The molecule has 8 aromatic rings. The Labute approximate surface area is 505 Å². The molecule has 11 amide bonds. The highest BCUT2D eigenvalue weighted by atomic mass is 32.1. The van der Waals surface area contributed by atoms with Crippen LogP contribution in [0.3, 0.4) is 0 Å². The van der Waals surface area contributed by atoms with Gasteiger partial charge in [-0.25, -0.2) is 4.98 Å². The highest BCUT2D eigenvalue weighted by Crippen LogP contribution is 2.25. The molecule has 8 rings (SSSR count). The predicted octanol–water partition coefficient (Wildman–Crippen LogP) is 2.22. The Bertz CT molecular complexity index is 4050. The molecule has 8 aromatic heterocycles. The second-order valence-electron chi connectivity index (χ2n) is 20.3. The maximum Gasteiger partial charge on any atom is 0.291 e. The van der Waals surface area contributed by atoms with Crippen LogP contribution < -0.4 is 64.6 Å². The van der Waals surface area contributed by atoms with Gasteiger partial charge >= 0.3 is 0 Å². The summed E-state index contributed by atoms with van der Waals surface area (Å²) in [6, 6.07) is 10.8. The summed E-state index contributed by atoms with van der Waals surface area (Å²) in [5.74, 6) is -5.35. The fourth-order valence-corrected chi connectivity index (χ4v) is 9.85. The molecular weight excluding hydrogens is 1160 g/mol. The Morgan fingerprint density at radius 3 is 1.25 bits per heavy atom. The molecule has 0 fully saturated rings. The summed E-state index contributed by atoms with van der Waals surface area (Å²) in [5, 5.41) is 27.4. The van der Waals surface area contributed by atoms with Crippen LogP contribution in [0.5, 0.6) is 0 Å². The molecule has 0 bridgehead atoms. The molecule has 0 aromatic carbocycles. The number of nitrogens with two attached hydrogens (primary N) is 2. The van der Waals surface area contributed by atoms with Crippen LogP contribution in [0.1, 0.15) is 102 Å². The van der Waals surface area contributed by atoms with E-state index in [9.17, 15) is 52.7 Å². The highest BCUT2D eigenvalue weighted by Gasteiger charge is 2.23. The van der Waals surface area contributed by atoms with Crippen molar-refractivity contribution in [2.75, 3.05) is 56.9 Å². The molecule has 88 heavy (non-hydrogen) atoms. The zero-order valence-corrected chi connectivity index (χ0v) is 49.5. The van der Waals surface area contributed by atoms with Crippen molar-refractivity contribution < 1.29 is 52.7 Å². The molecule has 1 atom stereocenters. The minimum atomic E-state index is -1.07. The molecule has 32 heteroatoms. The number of rotatable bonds is 25. The summed E-state index contributed by atoms with van der Waals surface area (Å²) in [4.78, 5) is 146. The largest absolute Gasteiger partial charge is 0.364 e. The normalized spacial score (nSPS) is 11.3. The van der Waals surface area contributed by atoms with Crippen LogP contribution in [0.25, 0.3) is 0 Å². The van der Waals surface area contributed by atoms with Gasteiger partial charge in [-0.2, -0.15) is 0 Å². The molecule has 0 spiro atoms. The SMILES string of the molecule is Cn1cc(NC(=O)CCNC(=O)c2cc(NC(=O)c3cc(NC(=O)c4cc(NC(=O)[C@H](N)CCNC(=O)c5cc(NC(=O)c6ccc(NC(=O)CCNC(=O)c7cc(NC(=O)c8nccn8C)cn7C)s6)cn5C)cn4C)cn3C)cn2C)cc1C(N)=O. The average molecular weight is 1230 g/mol. The van der Waals surface area contributed by atoms with Gasteiger partial charge in [0.05, 0.1) is 50.0 Å².